The highest BCUT2D eigenvalue weighted by molar-refractivity contribution is 6.34. The van der Waals surface area contributed by atoms with Crippen molar-refractivity contribution in [2.75, 3.05) is 64.2 Å². The smallest absolute Gasteiger partial charge is 0.410 e. The van der Waals surface area contributed by atoms with Crippen molar-refractivity contribution in [2.45, 2.75) is 69.6 Å². The maximum absolute atomic E-state index is 14.0. The fourth-order valence-electron chi connectivity index (χ4n) is 7.78. The standard InChI is InChI=1S/C37H47BN6O8/c38-29-23-25(5-6-31(29)45)24-32(35(49)42-14-10-27(11-15-42)40-19-21-41(22-20-40)33(46)7-8-34(47)48)52-37(51)43-16-12-28(13-17-43)44-18-9-26-3-1-2-4-30(26)39-36(44)50/h1-6,23,27-28,32,45H,7-22,24H2,(H,39,50)(H,47,48)/t32-/m1/s1. The predicted molar refractivity (Wildman–Crippen MR) is 193 cm³/mol. The van der Waals surface area contributed by atoms with E-state index in [-0.39, 0.29) is 60.4 Å². The number of carboxylic acids is 1. The largest absolute Gasteiger partial charge is 0.509 e. The minimum Gasteiger partial charge on any atom is -0.509 e. The van der Waals surface area contributed by atoms with Gasteiger partial charge in [0.2, 0.25) is 5.91 Å². The molecule has 4 aliphatic heterocycles. The van der Waals surface area contributed by atoms with E-state index in [0.29, 0.717) is 77.3 Å². The molecule has 3 N–H and O–H groups in total. The zero-order valence-corrected chi connectivity index (χ0v) is 29.5. The molecule has 0 aliphatic carbocycles. The maximum atomic E-state index is 14.0. The third-order valence-electron chi connectivity index (χ3n) is 10.8. The number of phenolic OH excluding ortho intramolecular Hbond substituents is 1. The summed E-state index contributed by atoms with van der Waals surface area (Å²) in [5.41, 5.74) is 2.74. The average molecular weight is 715 g/mol. The van der Waals surface area contributed by atoms with Gasteiger partial charge in [0.15, 0.2) is 6.10 Å². The number of carbonyl (C=O) groups excluding carboxylic acids is 4. The van der Waals surface area contributed by atoms with E-state index >= 15 is 0 Å². The molecule has 4 aliphatic rings. The lowest BCUT2D eigenvalue weighted by Crippen LogP contribution is -2.56. The van der Waals surface area contributed by atoms with Crippen LogP contribution in [0.5, 0.6) is 5.75 Å². The first-order valence-electron chi connectivity index (χ1n) is 18.3. The SMILES string of the molecule is [B]c1cc(C[C@@H](OC(=O)N2CCC(N3CCc4ccccc4NC3=O)CC2)C(=O)N2CCC(N3CCN(C(=O)CCC(=O)O)CC3)CC2)ccc1O. The molecule has 2 radical (unpaired) electrons. The number of piperidine rings is 2. The number of carboxylic acid groups (broad SMARTS) is 1. The van der Waals surface area contributed by atoms with Crippen LogP contribution >= 0.6 is 0 Å². The molecule has 0 unspecified atom stereocenters. The number of fused-ring (bicyclic) bond motifs is 1. The second-order valence-corrected chi connectivity index (χ2v) is 14.1. The van der Waals surface area contributed by atoms with Crippen LogP contribution in [0.15, 0.2) is 42.5 Å². The molecule has 0 aromatic heterocycles. The molecule has 0 bridgehead atoms. The number of hydrogen-bond acceptors (Lipinski definition) is 8. The summed E-state index contributed by atoms with van der Waals surface area (Å²) in [6.07, 6.45) is 1.63. The molecule has 3 fully saturated rings. The van der Waals surface area contributed by atoms with Gasteiger partial charge < -0.3 is 39.9 Å². The van der Waals surface area contributed by atoms with Gasteiger partial charge in [-0.05, 0) is 55.4 Å². The first kappa shape index (κ1) is 37.0. The van der Waals surface area contributed by atoms with Crippen molar-refractivity contribution >= 4 is 48.9 Å². The van der Waals surface area contributed by atoms with Gasteiger partial charge in [0.25, 0.3) is 5.91 Å². The molecule has 52 heavy (non-hydrogen) atoms. The number of hydrogen-bond donors (Lipinski definition) is 3. The Kier molecular flexibility index (Phi) is 11.9. The number of nitrogens with one attached hydrogen (secondary N) is 1. The number of rotatable bonds is 9. The normalized spacial score (nSPS) is 19.7. The van der Waals surface area contributed by atoms with Gasteiger partial charge in [-0.1, -0.05) is 35.8 Å². The zero-order chi connectivity index (χ0) is 36.8. The van der Waals surface area contributed by atoms with Gasteiger partial charge in [0.1, 0.15) is 13.6 Å². The summed E-state index contributed by atoms with van der Waals surface area (Å²) in [5, 5.41) is 21.9. The van der Waals surface area contributed by atoms with Crippen LogP contribution in [0, 0.1) is 0 Å². The van der Waals surface area contributed by atoms with Crippen molar-refractivity contribution in [2.24, 2.45) is 0 Å². The molecule has 5 amide bonds. The topological polar surface area (TPSA) is 163 Å². The summed E-state index contributed by atoms with van der Waals surface area (Å²) >= 11 is 0. The van der Waals surface area contributed by atoms with E-state index in [9.17, 15) is 29.1 Å². The lowest BCUT2D eigenvalue weighted by atomic mass is 9.91. The summed E-state index contributed by atoms with van der Waals surface area (Å²) in [7, 11) is 5.95. The van der Waals surface area contributed by atoms with Crippen LogP contribution in [0.4, 0.5) is 15.3 Å². The van der Waals surface area contributed by atoms with Gasteiger partial charge in [0, 0.05) is 89.5 Å². The summed E-state index contributed by atoms with van der Waals surface area (Å²) in [4.78, 5) is 73.1. The van der Waals surface area contributed by atoms with Crippen LogP contribution < -0.4 is 10.8 Å². The van der Waals surface area contributed by atoms with Crippen molar-refractivity contribution in [3.8, 4) is 5.75 Å². The van der Waals surface area contributed by atoms with E-state index in [2.05, 4.69) is 10.2 Å². The predicted octanol–water partition coefficient (Wildman–Crippen LogP) is 1.79. The molecule has 15 heteroatoms. The Balaban J connectivity index is 1.03. The molecule has 6 rings (SSSR count). The number of piperazine rings is 1. The van der Waals surface area contributed by atoms with Crippen LogP contribution in [-0.4, -0.2) is 150 Å². The van der Waals surface area contributed by atoms with Gasteiger partial charge in [-0.2, -0.15) is 0 Å². The van der Waals surface area contributed by atoms with E-state index in [1.54, 1.807) is 26.8 Å². The Labute approximate surface area is 305 Å². The fourth-order valence-corrected chi connectivity index (χ4v) is 7.78. The highest BCUT2D eigenvalue weighted by Crippen LogP contribution is 2.26. The number of anilines is 1. The Morgan fingerprint density at radius 1 is 0.827 bits per heavy atom. The number of aromatic hydroxyl groups is 1. The highest BCUT2D eigenvalue weighted by atomic mass is 16.6. The van der Waals surface area contributed by atoms with Gasteiger partial charge in [-0.25, -0.2) is 9.59 Å². The van der Waals surface area contributed by atoms with E-state index in [4.69, 9.17) is 17.7 Å². The third-order valence-corrected chi connectivity index (χ3v) is 10.8. The molecule has 276 valence electrons. The summed E-state index contributed by atoms with van der Waals surface area (Å²) in [6, 6.07) is 12.6. The lowest BCUT2D eigenvalue weighted by Gasteiger charge is -2.43. The van der Waals surface area contributed by atoms with Crippen molar-refractivity contribution in [1.82, 2.24) is 24.5 Å². The minimum atomic E-state index is -1.10. The molecule has 2 aromatic carbocycles. The molecule has 14 nitrogen and oxygen atoms in total. The summed E-state index contributed by atoms with van der Waals surface area (Å²) in [5.74, 6) is -1.48. The number of benzene rings is 2. The number of carbonyl (C=O) groups is 5. The minimum absolute atomic E-state index is 0.00354. The number of amides is 5. The second kappa shape index (κ2) is 16.7. The van der Waals surface area contributed by atoms with Crippen molar-refractivity contribution in [1.29, 1.82) is 0 Å². The number of urea groups is 1. The number of likely N-dealkylation sites (tertiary alicyclic amines) is 2. The maximum Gasteiger partial charge on any atom is 0.410 e. The highest BCUT2D eigenvalue weighted by Gasteiger charge is 2.37. The molecule has 0 saturated carbocycles. The zero-order valence-electron chi connectivity index (χ0n) is 29.5. The second-order valence-electron chi connectivity index (χ2n) is 14.1. The van der Waals surface area contributed by atoms with Crippen LogP contribution in [0.2, 0.25) is 0 Å². The van der Waals surface area contributed by atoms with E-state index in [0.717, 1.165) is 30.5 Å². The van der Waals surface area contributed by atoms with Gasteiger partial charge >= 0.3 is 18.1 Å². The fraction of sp³-hybridized carbons (Fsp3) is 0.541. The Bertz CT molecular complexity index is 1640. The Morgan fingerprint density at radius 3 is 2.19 bits per heavy atom. The first-order valence-corrected chi connectivity index (χ1v) is 18.3. The van der Waals surface area contributed by atoms with E-state index < -0.39 is 18.2 Å². The Hall–Kier alpha value is -4.79. The number of phenols is 1. The van der Waals surface area contributed by atoms with Gasteiger partial charge in [-0.3, -0.25) is 19.3 Å². The molecule has 1 atom stereocenters. The molecule has 0 spiro atoms. The molecular formula is C37H47BN6O8. The molecule has 3 saturated heterocycles. The molecule has 4 heterocycles. The van der Waals surface area contributed by atoms with Gasteiger partial charge in [0.05, 0.1) is 6.42 Å². The number of para-hydroxylation sites is 1. The van der Waals surface area contributed by atoms with E-state index in [1.807, 2.05) is 29.2 Å². The van der Waals surface area contributed by atoms with Crippen molar-refractivity contribution in [3.05, 3.63) is 53.6 Å². The van der Waals surface area contributed by atoms with Crippen LogP contribution in [0.3, 0.4) is 0 Å². The monoisotopic (exact) mass is 714 g/mol. The summed E-state index contributed by atoms with van der Waals surface area (Å²) < 4.78 is 5.97. The molecular weight excluding hydrogens is 667 g/mol. The third kappa shape index (κ3) is 8.98. The number of nitrogens with zero attached hydrogens (tertiary/aromatic N) is 5. The summed E-state index contributed by atoms with van der Waals surface area (Å²) in [6.45, 7) is 4.80. The van der Waals surface area contributed by atoms with E-state index in [1.165, 1.54) is 6.07 Å². The quantitative estimate of drug-likeness (QED) is 0.329. The Morgan fingerprint density at radius 2 is 1.50 bits per heavy atom. The van der Waals surface area contributed by atoms with Crippen LogP contribution in [0.25, 0.3) is 0 Å². The first-order chi connectivity index (χ1) is 25.0. The number of aliphatic carboxylic acids is 1. The van der Waals surface area contributed by atoms with Crippen LogP contribution in [-0.2, 0) is 32.0 Å². The van der Waals surface area contributed by atoms with Crippen LogP contribution in [0.1, 0.15) is 49.7 Å². The number of ether oxygens (including phenoxy) is 1. The lowest BCUT2D eigenvalue weighted by molar-refractivity contribution is -0.143. The average Bonchev–Trinajstić information content (AvgIpc) is 3.32. The molecule has 2 aromatic rings. The van der Waals surface area contributed by atoms with Crippen molar-refractivity contribution in [3.63, 3.8) is 0 Å². The van der Waals surface area contributed by atoms with Gasteiger partial charge in [-0.15, -0.1) is 0 Å². The van der Waals surface area contributed by atoms with Crippen molar-refractivity contribution < 1.29 is 38.9 Å².